The molecule has 164 valence electrons. The first-order chi connectivity index (χ1) is 15.3. The average molecular weight is 442 g/mol. The minimum atomic E-state index is -4.58. The lowest BCUT2D eigenvalue weighted by atomic mass is 10.1. The van der Waals surface area contributed by atoms with Crippen molar-refractivity contribution >= 4 is 28.5 Å². The fourth-order valence-electron chi connectivity index (χ4n) is 3.36. The molecule has 9 heteroatoms. The molecular formula is C23H18F4N4O. The highest BCUT2D eigenvalue weighted by molar-refractivity contribution is 6.31. The third kappa shape index (κ3) is 4.72. The zero-order valence-corrected chi connectivity index (χ0v) is 16.6. The van der Waals surface area contributed by atoms with Crippen molar-refractivity contribution < 1.29 is 22.4 Å². The van der Waals surface area contributed by atoms with Gasteiger partial charge in [-0.05, 0) is 48.5 Å². The van der Waals surface area contributed by atoms with Crippen LogP contribution in [0, 0.1) is 5.82 Å². The number of aromatic nitrogens is 1. The molecule has 2 aromatic carbocycles. The number of nitrogens with one attached hydrogen (secondary N) is 3. The number of benzene rings is 2. The molecule has 0 atom stereocenters. The van der Waals surface area contributed by atoms with Crippen LogP contribution in [0.3, 0.4) is 0 Å². The van der Waals surface area contributed by atoms with E-state index in [1.54, 1.807) is 18.3 Å². The molecule has 2 heterocycles. The van der Waals surface area contributed by atoms with Crippen LogP contribution in [0.15, 0.2) is 67.0 Å². The summed E-state index contributed by atoms with van der Waals surface area (Å²) in [6.45, 7) is 0.282. The number of nitrogens with zero attached hydrogens (tertiary/aromatic N) is 1. The summed E-state index contributed by atoms with van der Waals surface area (Å²) in [5, 5.41) is 8.08. The monoisotopic (exact) mass is 442 g/mol. The molecule has 4 rings (SSSR count). The molecule has 0 saturated carbocycles. The number of hydrogen-bond acceptors (Lipinski definition) is 4. The largest absolute Gasteiger partial charge is 0.418 e. The lowest BCUT2D eigenvalue weighted by molar-refractivity contribution is -0.136. The van der Waals surface area contributed by atoms with E-state index < -0.39 is 23.5 Å². The van der Waals surface area contributed by atoms with Gasteiger partial charge < -0.3 is 16.0 Å². The first-order valence-corrected chi connectivity index (χ1v) is 9.74. The third-order valence-corrected chi connectivity index (χ3v) is 4.90. The van der Waals surface area contributed by atoms with Crippen LogP contribution in [-0.4, -0.2) is 17.4 Å². The predicted molar refractivity (Wildman–Crippen MR) is 115 cm³/mol. The zero-order chi connectivity index (χ0) is 22.7. The number of anilines is 3. The van der Waals surface area contributed by atoms with E-state index >= 15 is 0 Å². The second kappa shape index (κ2) is 8.70. The highest BCUT2D eigenvalue weighted by atomic mass is 19.4. The second-order valence-corrected chi connectivity index (χ2v) is 7.10. The standard InChI is InChI=1S/C23H18F4N4O/c24-14-4-6-17-18(22(32)31-21(17)11-14)13-30-16-5-7-20(19(12-16)23(25,26)27)29-10-8-15-3-1-2-9-28-15/h1-7,9,11-13,29-30H,8,10H2,(H,31,32)/b18-13+. The Labute approximate surface area is 181 Å². The third-order valence-electron chi connectivity index (χ3n) is 4.90. The topological polar surface area (TPSA) is 66.1 Å². The van der Waals surface area contributed by atoms with Gasteiger partial charge in [0.15, 0.2) is 0 Å². The van der Waals surface area contributed by atoms with E-state index in [4.69, 9.17) is 0 Å². The number of hydrogen-bond donors (Lipinski definition) is 3. The SMILES string of the molecule is O=C1Nc2cc(F)ccc2/C1=C\Nc1ccc(NCCc2ccccn2)c(C(F)(F)F)c1. The highest BCUT2D eigenvalue weighted by Gasteiger charge is 2.34. The first-order valence-electron chi connectivity index (χ1n) is 9.74. The van der Waals surface area contributed by atoms with Crippen molar-refractivity contribution in [1.29, 1.82) is 0 Å². The molecule has 3 aromatic rings. The average Bonchev–Trinajstić information content (AvgIpc) is 3.06. The molecule has 0 spiro atoms. The van der Waals surface area contributed by atoms with Gasteiger partial charge in [-0.15, -0.1) is 0 Å². The number of pyridine rings is 1. The predicted octanol–water partition coefficient (Wildman–Crippen LogP) is 5.30. The van der Waals surface area contributed by atoms with Crippen molar-refractivity contribution in [2.75, 3.05) is 22.5 Å². The molecular weight excluding hydrogens is 424 g/mol. The molecule has 1 amide bonds. The number of carbonyl (C=O) groups is 1. The lowest BCUT2D eigenvalue weighted by Gasteiger charge is -2.16. The molecule has 0 radical (unpaired) electrons. The van der Waals surface area contributed by atoms with Crippen LogP contribution in [0.5, 0.6) is 0 Å². The Morgan fingerprint density at radius 2 is 1.91 bits per heavy atom. The number of carbonyl (C=O) groups excluding carboxylic acids is 1. The Hall–Kier alpha value is -3.88. The van der Waals surface area contributed by atoms with Crippen molar-refractivity contribution in [2.24, 2.45) is 0 Å². The summed E-state index contributed by atoms with van der Waals surface area (Å²) in [4.78, 5) is 16.3. The van der Waals surface area contributed by atoms with E-state index in [2.05, 4.69) is 20.9 Å². The Morgan fingerprint density at radius 3 is 2.66 bits per heavy atom. The number of rotatable bonds is 6. The maximum Gasteiger partial charge on any atom is 0.418 e. The van der Waals surface area contributed by atoms with Gasteiger partial charge in [0.2, 0.25) is 0 Å². The quantitative estimate of drug-likeness (QED) is 0.358. The molecule has 5 nitrogen and oxygen atoms in total. The molecule has 32 heavy (non-hydrogen) atoms. The molecule has 3 N–H and O–H groups in total. The molecule has 1 aliphatic rings. The lowest BCUT2D eigenvalue weighted by Crippen LogP contribution is -2.13. The van der Waals surface area contributed by atoms with Gasteiger partial charge in [-0.1, -0.05) is 6.07 Å². The van der Waals surface area contributed by atoms with Crippen molar-refractivity contribution in [3.05, 3.63) is 89.6 Å². The van der Waals surface area contributed by atoms with E-state index in [-0.39, 0.29) is 23.5 Å². The van der Waals surface area contributed by atoms with Crippen LogP contribution in [0.1, 0.15) is 16.8 Å². The van der Waals surface area contributed by atoms with Crippen LogP contribution in [-0.2, 0) is 17.4 Å². The summed E-state index contributed by atoms with van der Waals surface area (Å²) in [5.74, 6) is -0.971. The van der Waals surface area contributed by atoms with Gasteiger partial charge in [-0.2, -0.15) is 13.2 Å². The first kappa shape index (κ1) is 21.4. The van der Waals surface area contributed by atoms with Crippen LogP contribution in [0.2, 0.25) is 0 Å². The van der Waals surface area contributed by atoms with Crippen molar-refractivity contribution in [1.82, 2.24) is 4.98 Å². The number of halogens is 4. The highest BCUT2D eigenvalue weighted by Crippen LogP contribution is 2.37. The van der Waals surface area contributed by atoms with E-state index in [0.29, 0.717) is 17.7 Å². The summed E-state index contributed by atoms with van der Waals surface area (Å²) >= 11 is 0. The number of fused-ring (bicyclic) bond motifs is 1. The summed E-state index contributed by atoms with van der Waals surface area (Å²) in [5.41, 5.74) is 1.02. The zero-order valence-electron chi connectivity index (χ0n) is 16.6. The van der Waals surface area contributed by atoms with Gasteiger partial charge in [0.25, 0.3) is 5.91 Å². The number of amides is 1. The van der Waals surface area contributed by atoms with Crippen LogP contribution >= 0.6 is 0 Å². The van der Waals surface area contributed by atoms with Gasteiger partial charge in [0.05, 0.1) is 16.8 Å². The molecule has 1 aliphatic heterocycles. The van der Waals surface area contributed by atoms with E-state index in [0.717, 1.165) is 11.8 Å². The smallest absolute Gasteiger partial charge is 0.384 e. The Balaban J connectivity index is 1.52. The van der Waals surface area contributed by atoms with Crippen molar-refractivity contribution in [3.8, 4) is 0 Å². The summed E-state index contributed by atoms with van der Waals surface area (Å²) in [7, 11) is 0. The van der Waals surface area contributed by atoms with Gasteiger partial charge >= 0.3 is 6.18 Å². The van der Waals surface area contributed by atoms with Gasteiger partial charge in [0, 0.05) is 48.0 Å². The summed E-state index contributed by atoms with van der Waals surface area (Å²) in [6.07, 6.45) is -1.17. The summed E-state index contributed by atoms with van der Waals surface area (Å²) in [6, 6.07) is 13.0. The summed E-state index contributed by atoms with van der Waals surface area (Å²) < 4.78 is 54.2. The minimum Gasteiger partial charge on any atom is -0.384 e. The Morgan fingerprint density at radius 1 is 1.06 bits per heavy atom. The maximum atomic E-state index is 13.6. The molecule has 1 aromatic heterocycles. The van der Waals surface area contributed by atoms with Crippen LogP contribution < -0.4 is 16.0 Å². The van der Waals surface area contributed by atoms with E-state index in [1.807, 2.05) is 6.07 Å². The van der Waals surface area contributed by atoms with Crippen LogP contribution in [0.25, 0.3) is 5.57 Å². The fraction of sp³-hybridized carbons (Fsp3) is 0.130. The molecule has 0 aliphatic carbocycles. The molecule has 0 unspecified atom stereocenters. The van der Waals surface area contributed by atoms with Gasteiger partial charge in [-0.3, -0.25) is 9.78 Å². The van der Waals surface area contributed by atoms with Gasteiger partial charge in [-0.25, -0.2) is 4.39 Å². The maximum absolute atomic E-state index is 13.6. The molecule has 0 fully saturated rings. The van der Waals surface area contributed by atoms with Crippen molar-refractivity contribution in [2.45, 2.75) is 12.6 Å². The number of alkyl halides is 3. The molecule has 0 saturated heterocycles. The Kier molecular flexibility index (Phi) is 5.81. The fourth-order valence-corrected chi connectivity index (χ4v) is 3.36. The normalized spacial score (nSPS) is 14.2. The van der Waals surface area contributed by atoms with Gasteiger partial charge in [0.1, 0.15) is 5.82 Å². The van der Waals surface area contributed by atoms with Crippen LogP contribution in [0.4, 0.5) is 34.6 Å². The minimum absolute atomic E-state index is 0.0499. The van der Waals surface area contributed by atoms with Crippen molar-refractivity contribution in [3.63, 3.8) is 0 Å². The molecule has 0 bridgehead atoms. The van der Waals surface area contributed by atoms with E-state index in [1.165, 1.54) is 36.5 Å². The van der Waals surface area contributed by atoms with E-state index in [9.17, 15) is 22.4 Å². The second-order valence-electron chi connectivity index (χ2n) is 7.10. The Bertz CT molecular complexity index is 1180.